The van der Waals surface area contributed by atoms with E-state index in [1.807, 2.05) is 19.1 Å². The number of urea groups is 1. The lowest BCUT2D eigenvalue weighted by atomic mass is 9.53. The van der Waals surface area contributed by atoms with E-state index in [2.05, 4.69) is 10.6 Å². The lowest BCUT2D eigenvalue weighted by molar-refractivity contribution is -0.0135. The quantitative estimate of drug-likeness (QED) is 0.723. The minimum Gasteiger partial charge on any atom is -0.337 e. The van der Waals surface area contributed by atoms with Crippen molar-refractivity contribution >= 4 is 16.1 Å². The van der Waals surface area contributed by atoms with Crippen molar-refractivity contribution in [3.8, 4) is 0 Å². The highest BCUT2D eigenvalue weighted by Crippen LogP contribution is 2.55. The van der Waals surface area contributed by atoms with Crippen LogP contribution >= 0.6 is 0 Å². The molecule has 1 unspecified atom stereocenters. The molecular formula is C24H35N3O3S. The maximum Gasteiger partial charge on any atom is 0.315 e. The number of carbonyl (C=O) groups excluding carboxylic acids is 1. The molecule has 1 heterocycles. The number of hydrogen-bond donors (Lipinski definition) is 2. The first kappa shape index (κ1) is 21.3. The molecule has 2 N–H and O–H groups in total. The van der Waals surface area contributed by atoms with Gasteiger partial charge < -0.3 is 10.6 Å². The topological polar surface area (TPSA) is 78.5 Å². The van der Waals surface area contributed by atoms with Gasteiger partial charge in [0.05, 0.1) is 4.90 Å². The summed E-state index contributed by atoms with van der Waals surface area (Å²) in [5, 5.41) is 6.37. The standard InChI is InChI=1S/C24H35N3O3S/c1-17-5-7-22(8-6-17)31(29,30)27-9-3-2-4-21(27)16-25-23(28)26-24-13-18-10-19(14-24)12-20(11-18)15-24/h5-8,18-21H,2-4,9-16H2,1H3,(H2,25,26,28). The van der Waals surface area contributed by atoms with Crippen molar-refractivity contribution in [2.45, 2.75) is 81.2 Å². The van der Waals surface area contributed by atoms with Gasteiger partial charge in [0.25, 0.3) is 0 Å². The molecule has 0 aromatic heterocycles. The normalized spacial score (nSPS) is 35.1. The third kappa shape index (κ3) is 4.23. The van der Waals surface area contributed by atoms with Crippen LogP contribution in [0.15, 0.2) is 29.2 Å². The van der Waals surface area contributed by atoms with Crippen molar-refractivity contribution in [2.24, 2.45) is 17.8 Å². The first-order valence-electron chi connectivity index (χ1n) is 12.0. The maximum absolute atomic E-state index is 13.3. The molecule has 4 saturated carbocycles. The molecule has 0 radical (unpaired) electrons. The van der Waals surface area contributed by atoms with E-state index in [1.54, 1.807) is 16.4 Å². The van der Waals surface area contributed by atoms with Gasteiger partial charge in [0, 0.05) is 24.7 Å². The van der Waals surface area contributed by atoms with Crippen molar-refractivity contribution in [1.82, 2.24) is 14.9 Å². The van der Waals surface area contributed by atoms with Crippen LogP contribution in [0.5, 0.6) is 0 Å². The Hall–Kier alpha value is -1.60. The SMILES string of the molecule is Cc1ccc(S(=O)(=O)N2CCCCC2CNC(=O)NC23CC4CC(CC(C4)C2)C3)cc1. The van der Waals surface area contributed by atoms with E-state index in [9.17, 15) is 13.2 Å². The van der Waals surface area contributed by atoms with Crippen LogP contribution in [0.3, 0.4) is 0 Å². The van der Waals surface area contributed by atoms with Gasteiger partial charge in [0.15, 0.2) is 0 Å². The van der Waals surface area contributed by atoms with Crippen molar-refractivity contribution in [3.05, 3.63) is 29.8 Å². The fourth-order valence-electron chi connectivity index (χ4n) is 7.10. The molecule has 1 aliphatic heterocycles. The molecule has 6 nitrogen and oxygen atoms in total. The van der Waals surface area contributed by atoms with E-state index in [0.717, 1.165) is 61.8 Å². The predicted molar refractivity (Wildman–Crippen MR) is 120 cm³/mol. The van der Waals surface area contributed by atoms with E-state index in [1.165, 1.54) is 19.3 Å². The summed E-state index contributed by atoms with van der Waals surface area (Å²) in [6, 6.07) is 6.72. The first-order valence-corrected chi connectivity index (χ1v) is 13.4. The third-order valence-electron chi connectivity index (χ3n) is 8.12. The summed E-state index contributed by atoms with van der Waals surface area (Å²) in [5.74, 6) is 2.33. The van der Waals surface area contributed by atoms with Gasteiger partial charge in [-0.05, 0) is 88.2 Å². The van der Waals surface area contributed by atoms with Crippen LogP contribution in [-0.4, -0.2) is 43.4 Å². The van der Waals surface area contributed by atoms with Gasteiger partial charge in [-0.25, -0.2) is 13.2 Å². The van der Waals surface area contributed by atoms with Gasteiger partial charge in [-0.1, -0.05) is 24.1 Å². The molecule has 6 rings (SSSR count). The summed E-state index contributed by atoms with van der Waals surface area (Å²) in [4.78, 5) is 13.2. The molecule has 31 heavy (non-hydrogen) atoms. The Balaban J connectivity index is 1.22. The van der Waals surface area contributed by atoms with Crippen molar-refractivity contribution in [1.29, 1.82) is 0 Å². The highest BCUT2D eigenvalue weighted by Gasteiger charge is 2.51. The molecule has 1 aromatic carbocycles. The van der Waals surface area contributed by atoms with Gasteiger partial charge in [0.1, 0.15) is 0 Å². The number of sulfonamides is 1. The van der Waals surface area contributed by atoms with Gasteiger partial charge >= 0.3 is 6.03 Å². The second kappa shape index (κ2) is 8.07. The van der Waals surface area contributed by atoms with Crippen LogP contribution in [0, 0.1) is 24.7 Å². The van der Waals surface area contributed by atoms with Crippen LogP contribution in [-0.2, 0) is 10.0 Å². The average Bonchev–Trinajstić information content (AvgIpc) is 2.71. The maximum atomic E-state index is 13.3. The number of amides is 2. The zero-order chi connectivity index (χ0) is 21.6. The number of nitrogens with zero attached hydrogens (tertiary/aromatic N) is 1. The Morgan fingerprint density at radius 3 is 2.26 bits per heavy atom. The fourth-order valence-corrected chi connectivity index (χ4v) is 8.79. The van der Waals surface area contributed by atoms with Crippen LogP contribution in [0.2, 0.25) is 0 Å². The van der Waals surface area contributed by atoms with Crippen LogP contribution in [0.4, 0.5) is 4.79 Å². The summed E-state index contributed by atoms with van der Waals surface area (Å²) in [6.45, 7) is 2.83. The molecule has 7 heteroatoms. The summed E-state index contributed by atoms with van der Waals surface area (Å²) in [7, 11) is -3.56. The summed E-state index contributed by atoms with van der Waals surface area (Å²) < 4.78 is 28.1. The Morgan fingerprint density at radius 2 is 1.65 bits per heavy atom. The average molecular weight is 446 g/mol. The zero-order valence-electron chi connectivity index (χ0n) is 18.5. The molecule has 5 fully saturated rings. The number of rotatable bonds is 5. The second-order valence-corrected chi connectivity index (χ2v) is 12.5. The minimum atomic E-state index is -3.56. The molecule has 1 atom stereocenters. The van der Waals surface area contributed by atoms with Gasteiger partial charge in [-0.15, -0.1) is 0 Å². The summed E-state index contributed by atoms with van der Waals surface area (Å²) >= 11 is 0. The number of carbonyl (C=O) groups is 1. The summed E-state index contributed by atoms with van der Waals surface area (Å²) in [5.41, 5.74) is 1.01. The Bertz CT molecular complexity index is 893. The Morgan fingerprint density at radius 1 is 1.03 bits per heavy atom. The largest absolute Gasteiger partial charge is 0.337 e. The van der Waals surface area contributed by atoms with Gasteiger partial charge in [-0.3, -0.25) is 0 Å². The third-order valence-corrected chi connectivity index (χ3v) is 10.1. The van der Waals surface area contributed by atoms with E-state index in [-0.39, 0.29) is 17.6 Å². The number of hydrogen-bond acceptors (Lipinski definition) is 3. The molecule has 5 aliphatic rings. The number of aryl methyl sites for hydroxylation is 1. The minimum absolute atomic E-state index is 0.0287. The molecule has 0 spiro atoms. The van der Waals surface area contributed by atoms with Crippen molar-refractivity contribution in [3.63, 3.8) is 0 Å². The zero-order valence-corrected chi connectivity index (χ0v) is 19.3. The molecule has 2 amide bonds. The smallest absolute Gasteiger partial charge is 0.315 e. The van der Waals surface area contributed by atoms with Crippen molar-refractivity contribution < 1.29 is 13.2 Å². The number of nitrogens with one attached hydrogen (secondary N) is 2. The van der Waals surface area contributed by atoms with E-state index < -0.39 is 10.0 Å². The summed E-state index contributed by atoms with van der Waals surface area (Å²) in [6.07, 6.45) is 10.0. The van der Waals surface area contributed by atoms with Crippen LogP contribution in [0.25, 0.3) is 0 Å². The van der Waals surface area contributed by atoms with E-state index in [0.29, 0.717) is 18.0 Å². The number of piperidine rings is 1. The lowest BCUT2D eigenvalue weighted by Gasteiger charge is -2.56. The highest BCUT2D eigenvalue weighted by molar-refractivity contribution is 7.89. The Kier molecular flexibility index (Phi) is 5.53. The first-order chi connectivity index (χ1) is 14.8. The molecular weight excluding hydrogens is 410 g/mol. The van der Waals surface area contributed by atoms with Gasteiger partial charge in [0.2, 0.25) is 10.0 Å². The molecule has 4 aliphatic carbocycles. The van der Waals surface area contributed by atoms with E-state index >= 15 is 0 Å². The molecule has 1 aromatic rings. The van der Waals surface area contributed by atoms with Crippen molar-refractivity contribution in [2.75, 3.05) is 13.1 Å². The predicted octanol–water partition coefficient (Wildman–Crippen LogP) is 3.81. The fraction of sp³-hybridized carbons (Fsp3) is 0.708. The number of benzene rings is 1. The molecule has 1 saturated heterocycles. The lowest BCUT2D eigenvalue weighted by Crippen LogP contribution is -2.62. The molecule has 4 bridgehead atoms. The van der Waals surface area contributed by atoms with Gasteiger partial charge in [-0.2, -0.15) is 4.31 Å². The highest BCUT2D eigenvalue weighted by atomic mass is 32.2. The van der Waals surface area contributed by atoms with Crippen LogP contribution in [0.1, 0.15) is 63.4 Å². The van der Waals surface area contributed by atoms with Crippen LogP contribution < -0.4 is 10.6 Å². The monoisotopic (exact) mass is 445 g/mol. The second-order valence-electron chi connectivity index (χ2n) is 10.6. The van der Waals surface area contributed by atoms with E-state index in [4.69, 9.17) is 0 Å². The molecule has 170 valence electrons. The Labute approximate surface area is 186 Å².